The van der Waals surface area contributed by atoms with Gasteiger partial charge in [-0.05, 0) is 67.4 Å². The average molecular weight is 508 g/mol. The van der Waals surface area contributed by atoms with Gasteiger partial charge in [0.05, 0.1) is 5.69 Å². The van der Waals surface area contributed by atoms with Crippen molar-refractivity contribution < 1.29 is 18.4 Å². The molecule has 0 N–H and O–H groups in total. The van der Waals surface area contributed by atoms with Crippen molar-refractivity contribution in [3.8, 4) is 11.3 Å². The Hall–Kier alpha value is -3.88. The molecule has 7 nitrogen and oxygen atoms in total. The molecule has 1 saturated heterocycles. The molecule has 0 saturated carbocycles. The van der Waals surface area contributed by atoms with Crippen LogP contribution in [-0.2, 0) is 4.79 Å². The van der Waals surface area contributed by atoms with Gasteiger partial charge in [0.25, 0.3) is 5.91 Å². The normalized spacial score (nSPS) is 13.8. The van der Waals surface area contributed by atoms with Crippen LogP contribution in [0, 0.1) is 11.6 Å². The first-order valence-corrected chi connectivity index (χ1v) is 12.6. The van der Waals surface area contributed by atoms with E-state index < -0.39 is 5.82 Å². The Morgan fingerprint density at radius 2 is 1.73 bits per heavy atom. The van der Waals surface area contributed by atoms with Crippen molar-refractivity contribution in [1.29, 1.82) is 0 Å². The first-order chi connectivity index (χ1) is 17.9. The molecule has 2 amide bonds. The Kier molecular flexibility index (Phi) is 8.77. The number of hydrogen-bond acceptors (Lipinski definition) is 5. The highest BCUT2D eigenvalue weighted by atomic mass is 19.1. The van der Waals surface area contributed by atoms with Crippen molar-refractivity contribution in [3.63, 3.8) is 0 Å². The molecule has 9 heteroatoms. The fraction of sp³-hybridized carbons (Fsp3) is 0.357. The number of carbonyl (C=O) groups excluding carboxylic acids is 2. The van der Waals surface area contributed by atoms with E-state index in [4.69, 9.17) is 0 Å². The van der Waals surface area contributed by atoms with Crippen molar-refractivity contribution in [2.24, 2.45) is 0 Å². The van der Waals surface area contributed by atoms with E-state index in [1.54, 1.807) is 23.1 Å². The van der Waals surface area contributed by atoms with Gasteiger partial charge in [-0.1, -0.05) is 19.4 Å². The second-order valence-corrected chi connectivity index (χ2v) is 9.10. The molecule has 0 radical (unpaired) electrons. The minimum absolute atomic E-state index is 0.0402. The lowest BCUT2D eigenvalue weighted by Crippen LogP contribution is -2.44. The lowest BCUT2D eigenvalue weighted by molar-refractivity contribution is -0.131. The van der Waals surface area contributed by atoms with Gasteiger partial charge in [0.15, 0.2) is 5.82 Å². The maximum Gasteiger partial charge on any atom is 0.254 e. The highest BCUT2D eigenvalue weighted by Gasteiger charge is 2.24. The largest absolute Gasteiger partial charge is 0.353 e. The van der Waals surface area contributed by atoms with Crippen LogP contribution in [0.2, 0.25) is 0 Å². The van der Waals surface area contributed by atoms with Crippen molar-refractivity contribution in [3.05, 3.63) is 77.9 Å². The second kappa shape index (κ2) is 12.4. The maximum atomic E-state index is 13.7. The lowest BCUT2D eigenvalue weighted by atomic mass is 10.1. The standard InChI is InChI=1S/C28H31F2N5O2/c1-2-3-14-35(28(37)22-6-4-7-24(30)19-22)20-27(36)34-16-5-15-33(17-18-34)26-13-12-25(31-32-26)21-8-10-23(29)11-9-21/h4,6-13,19H,2-3,5,14-18,20H2,1H3. The van der Waals surface area contributed by atoms with Crippen LogP contribution in [0.25, 0.3) is 11.3 Å². The van der Waals surface area contributed by atoms with Crippen molar-refractivity contribution in [2.75, 3.05) is 44.2 Å². The Morgan fingerprint density at radius 3 is 2.43 bits per heavy atom. The number of nitrogens with zero attached hydrogens (tertiary/aromatic N) is 5. The summed E-state index contributed by atoms with van der Waals surface area (Å²) in [6, 6.07) is 15.4. The molecular weight excluding hydrogens is 476 g/mol. The molecule has 0 atom stereocenters. The van der Waals surface area contributed by atoms with E-state index in [1.807, 2.05) is 19.1 Å². The zero-order valence-corrected chi connectivity index (χ0v) is 20.9. The number of aromatic nitrogens is 2. The number of rotatable bonds is 8. The highest BCUT2D eigenvalue weighted by molar-refractivity contribution is 5.96. The molecule has 1 fully saturated rings. The van der Waals surface area contributed by atoms with Crippen molar-refractivity contribution in [2.45, 2.75) is 26.2 Å². The van der Waals surface area contributed by atoms with E-state index in [9.17, 15) is 18.4 Å². The molecule has 37 heavy (non-hydrogen) atoms. The molecule has 194 valence electrons. The topological polar surface area (TPSA) is 69.6 Å². The van der Waals surface area contributed by atoms with Gasteiger partial charge in [0, 0.05) is 43.9 Å². The van der Waals surface area contributed by atoms with Crippen LogP contribution in [0.5, 0.6) is 0 Å². The van der Waals surface area contributed by atoms with Gasteiger partial charge < -0.3 is 14.7 Å². The molecular formula is C28H31F2N5O2. The number of halogens is 2. The van der Waals surface area contributed by atoms with Gasteiger partial charge in [0.1, 0.15) is 18.2 Å². The number of unbranched alkanes of at least 4 members (excludes halogenated alkanes) is 1. The molecule has 0 aliphatic carbocycles. The van der Waals surface area contributed by atoms with Crippen LogP contribution < -0.4 is 4.90 Å². The van der Waals surface area contributed by atoms with Crippen molar-refractivity contribution >= 4 is 17.6 Å². The van der Waals surface area contributed by atoms with Crippen LogP contribution in [0.3, 0.4) is 0 Å². The molecule has 1 aromatic heterocycles. The van der Waals surface area contributed by atoms with Crippen LogP contribution in [0.15, 0.2) is 60.7 Å². The first-order valence-electron chi connectivity index (χ1n) is 12.6. The molecule has 4 rings (SSSR count). The number of carbonyl (C=O) groups is 2. The molecule has 2 heterocycles. The maximum absolute atomic E-state index is 13.7. The van der Waals surface area contributed by atoms with Gasteiger partial charge in [0.2, 0.25) is 5.91 Å². The fourth-order valence-electron chi connectivity index (χ4n) is 4.33. The van der Waals surface area contributed by atoms with E-state index in [1.165, 1.54) is 35.2 Å². The van der Waals surface area contributed by atoms with Crippen LogP contribution in [-0.4, -0.2) is 71.1 Å². The number of hydrogen-bond donors (Lipinski definition) is 0. The fourth-order valence-corrected chi connectivity index (χ4v) is 4.33. The second-order valence-electron chi connectivity index (χ2n) is 9.10. The molecule has 2 aromatic carbocycles. The summed E-state index contributed by atoms with van der Waals surface area (Å²) in [5.41, 5.74) is 1.69. The van der Waals surface area contributed by atoms with Gasteiger partial charge in [-0.3, -0.25) is 9.59 Å². The third-order valence-electron chi connectivity index (χ3n) is 6.43. The minimum Gasteiger partial charge on any atom is -0.353 e. The average Bonchev–Trinajstić information content (AvgIpc) is 3.18. The zero-order chi connectivity index (χ0) is 26.2. The smallest absolute Gasteiger partial charge is 0.254 e. The van der Waals surface area contributed by atoms with Crippen LogP contribution in [0.4, 0.5) is 14.6 Å². The van der Waals surface area contributed by atoms with Crippen LogP contribution in [0.1, 0.15) is 36.5 Å². The summed E-state index contributed by atoms with van der Waals surface area (Å²) in [6.07, 6.45) is 2.38. The summed E-state index contributed by atoms with van der Waals surface area (Å²) >= 11 is 0. The van der Waals surface area contributed by atoms with Gasteiger partial charge in [-0.2, -0.15) is 0 Å². The molecule has 0 unspecified atom stereocenters. The molecule has 1 aliphatic heterocycles. The Bertz CT molecular complexity index is 1200. The molecule has 1 aliphatic rings. The van der Waals surface area contributed by atoms with E-state index in [-0.39, 0.29) is 29.7 Å². The van der Waals surface area contributed by atoms with E-state index in [0.29, 0.717) is 37.7 Å². The van der Waals surface area contributed by atoms with Gasteiger partial charge >= 0.3 is 0 Å². The summed E-state index contributed by atoms with van der Waals surface area (Å²) < 4.78 is 26.9. The summed E-state index contributed by atoms with van der Waals surface area (Å²) in [5, 5.41) is 8.65. The number of amides is 2. The van der Waals surface area contributed by atoms with E-state index in [0.717, 1.165) is 31.4 Å². The van der Waals surface area contributed by atoms with Gasteiger partial charge in [-0.15, -0.1) is 10.2 Å². The summed E-state index contributed by atoms with van der Waals surface area (Å²) in [4.78, 5) is 31.6. The third-order valence-corrected chi connectivity index (χ3v) is 6.43. The predicted molar refractivity (Wildman–Crippen MR) is 138 cm³/mol. The lowest BCUT2D eigenvalue weighted by Gasteiger charge is -2.27. The van der Waals surface area contributed by atoms with Crippen molar-refractivity contribution in [1.82, 2.24) is 20.0 Å². The zero-order valence-electron chi connectivity index (χ0n) is 20.9. The molecule has 0 spiro atoms. The van der Waals surface area contributed by atoms with Gasteiger partial charge in [-0.25, -0.2) is 8.78 Å². The first kappa shape index (κ1) is 26.2. The summed E-state index contributed by atoms with van der Waals surface area (Å²) in [5.74, 6) is -0.529. The monoisotopic (exact) mass is 507 g/mol. The highest BCUT2D eigenvalue weighted by Crippen LogP contribution is 2.20. The molecule has 3 aromatic rings. The quantitative estimate of drug-likeness (QED) is 0.452. The SMILES string of the molecule is CCCCN(CC(=O)N1CCCN(c2ccc(-c3ccc(F)cc3)nn2)CC1)C(=O)c1cccc(F)c1. The third kappa shape index (κ3) is 6.87. The summed E-state index contributed by atoms with van der Waals surface area (Å²) in [7, 11) is 0. The number of anilines is 1. The molecule has 0 bridgehead atoms. The predicted octanol–water partition coefficient (Wildman–Crippen LogP) is 4.40. The Balaban J connectivity index is 1.37. The Labute approximate surface area is 215 Å². The van der Waals surface area contributed by atoms with E-state index in [2.05, 4.69) is 15.1 Å². The van der Waals surface area contributed by atoms with Crippen LogP contribution >= 0.6 is 0 Å². The summed E-state index contributed by atoms with van der Waals surface area (Å²) in [6.45, 7) is 4.79. The Morgan fingerprint density at radius 1 is 0.919 bits per heavy atom. The number of benzene rings is 2. The van der Waals surface area contributed by atoms with E-state index >= 15 is 0 Å². The minimum atomic E-state index is -0.478.